The number of halogens is 7. The number of piperazine rings is 1. The fourth-order valence-corrected chi connectivity index (χ4v) is 16.1. The van der Waals surface area contributed by atoms with E-state index in [1.54, 1.807) is 110 Å². The number of hydrogen-bond donors (Lipinski definition) is 9. The number of nitro benzene ring substituents is 1. The number of nitrogens with two attached hydrogens (primary N) is 2. The number of alkyl carbamates (subject to hydrolysis) is 2. The van der Waals surface area contributed by atoms with Crippen molar-refractivity contribution in [3.63, 3.8) is 0 Å². The van der Waals surface area contributed by atoms with Crippen molar-refractivity contribution in [2.24, 2.45) is 17.4 Å². The molecule has 37 nitrogen and oxygen atoms in total. The van der Waals surface area contributed by atoms with Crippen LogP contribution in [-0.2, 0) is 71.0 Å². The van der Waals surface area contributed by atoms with Crippen molar-refractivity contribution in [3.05, 3.63) is 141 Å². The summed E-state index contributed by atoms with van der Waals surface area (Å²) in [7, 11) is 1.65. The number of rotatable bonds is 26. The van der Waals surface area contributed by atoms with Crippen molar-refractivity contribution in [1.29, 1.82) is 0 Å². The molecule has 0 aliphatic carbocycles. The second-order valence-electron chi connectivity index (χ2n) is 42.4. The summed E-state index contributed by atoms with van der Waals surface area (Å²) in [6.45, 7) is 72.2. The minimum Gasteiger partial charge on any atom is -0.444 e. The Bertz CT molecular complexity index is 4700. The molecule has 0 radical (unpaired) electrons. The van der Waals surface area contributed by atoms with Gasteiger partial charge in [0.2, 0.25) is 0 Å². The average molecular weight is 2870 g/mol. The second-order valence-corrected chi connectivity index (χ2v) is 63.4. The molecule has 6 amide bonds. The largest absolute Gasteiger partial charge is 0.514 e. The van der Waals surface area contributed by atoms with Crippen molar-refractivity contribution in [2.75, 3.05) is 96.2 Å². The number of amides is 6. The van der Waals surface area contributed by atoms with Crippen LogP contribution in [0.4, 0.5) is 45.8 Å². The van der Waals surface area contributed by atoms with Crippen LogP contribution in [0.3, 0.4) is 0 Å². The van der Waals surface area contributed by atoms with E-state index in [0.717, 1.165) is 30.2 Å². The second kappa shape index (κ2) is 75.1. The summed E-state index contributed by atoms with van der Waals surface area (Å²) < 4.78 is 34.8. The zero-order chi connectivity index (χ0) is 111. The Kier molecular flexibility index (Phi) is 73.6. The number of piperidine rings is 2. The van der Waals surface area contributed by atoms with Crippen molar-refractivity contribution >= 4 is 233 Å². The van der Waals surface area contributed by atoms with Crippen LogP contribution in [0, 0.1) is 16.0 Å². The quantitative estimate of drug-likeness (QED) is 0.00462. The number of thiazole rings is 5. The van der Waals surface area contributed by atoms with Gasteiger partial charge in [-0.05, 0) is 234 Å². The van der Waals surface area contributed by atoms with Gasteiger partial charge in [-0.25, -0.2) is 33.8 Å². The van der Waals surface area contributed by atoms with Gasteiger partial charge >= 0.3 is 93.0 Å². The smallest absolute Gasteiger partial charge is 0.444 e. The van der Waals surface area contributed by atoms with Gasteiger partial charge in [-0.3, -0.25) is 69.9 Å². The number of aromatic nitrogens is 5. The predicted octanol–water partition coefficient (Wildman–Crippen LogP) is 20.5. The van der Waals surface area contributed by atoms with Gasteiger partial charge in [0.1, 0.15) is 49.8 Å². The zero-order valence-corrected chi connectivity index (χ0v) is 110. The summed E-state index contributed by atoms with van der Waals surface area (Å²) in [6.07, 6.45) is 8.44. The molecule has 8 heterocycles. The Balaban J connectivity index is 0. The monoisotopic (exact) mass is 2860 g/mol. The van der Waals surface area contributed by atoms with Crippen LogP contribution in [0.15, 0.2) is 101 Å². The van der Waals surface area contributed by atoms with Crippen LogP contribution in [0.2, 0.25) is 0 Å². The first kappa shape index (κ1) is 145. The van der Waals surface area contributed by atoms with E-state index in [0.29, 0.717) is 97.5 Å². The molecule has 148 heavy (non-hydrogen) atoms. The Morgan fingerprint density at radius 2 is 0.851 bits per heavy atom. The number of carbonyl (C=O) groups excluding carboxylic acids is 8. The third-order valence-electron chi connectivity index (χ3n) is 20.3. The summed E-state index contributed by atoms with van der Waals surface area (Å²) in [5, 5.41) is 33.7. The van der Waals surface area contributed by atoms with Gasteiger partial charge in [-0.15, -0.1) is 93.1 Å². The number of hydrogen-bond acceptors (Lipinski definition) is 35. The Hall–Kier alpha value is -4.90. The molecule has 7 aromatic rings. The SMILES string of the molecule is CC(C)(C)N1CCN(C(C)(C)C)CC1.CC(C)(C)NC1CCN(C(C)(C)C)CC1.CC(C)(C)NC1CCN(C(C)(C)C)CC1.CC(C)(C)OC(=O)NCCN.CC(C)(C)OC(=O)Nc1ccc(NC(=O)OCc2cncs2)cc1.CC(C)c1nc(CN(C)C(=O)N[C@H](C(=O)CC(=O)OCc2cncs2)C(C)C)cs1.Cl.I.II.I[I-]I.NCCNC(=O)OCc1cncs1.O=C(OCc1cncs1)Oc1ccc([N+](=O)[O-])cc1. The number of esters is 1. The van der Waals surface area contributed by atoms with E-state index in [9.17, 15) is 48.5 Å². The summed E-state index contributed by atoms with van der Waals surface area (Å²) in [6, 6.07) is 12.0. The number of ether oxygens (including phenoxy) is 7. The van der Waals surface area contributed by atoms with Crippen LogP contribution in [0.25, 0.3) is 0 Å². The van der Waals surface area contributed by atoms with Gasteiger partial charge < -0.3 is 76.1 Å². The molecule has 3 fully saturated rings. The van der Waals surface area contributed by atoms with Crippen LogP contribution in [0.5, 0.6) is 5.75 Å². The fraction of sp³-hybridized carbons (Fsp3) is 0.646. The maximum absolute atomic E-state index is 12.6. The van der Waals surface area contributed by atoms with Gasteiger partial charge in [0.25, 0.3) is 5.69 Å². The third kappa shape index (κ3) is 70.6. The summed E-state index contributed by atoms with van der Waals surface area (Å²) in [5.74, 6) is -0.653. The molecule has 2 aromatic carbocycles. The van der Waals surface area contributed by atoms with Crippen LogP contribution < -0.4 is 66.7 Å². The minimum absolute atomic E-state index is 0. The molecule has 844 valence electrons. The van der Waals surface area contributed by atoms with Crippen LogP contribution in [-0.4, -0.2) is 251 Å². The normalized spacial score (nSPS) is 13.9. The number of nitrogens with zero attached hydrogens (tertiary/aromatic N) is 11. The maximum Gasteiger partial charge on any atom is 0.514 e. The molecule has 0 unspecified atom stereocenters. The molecule has 0 bridgehead atoms. The molecule has 0 saturated carbocycles. The van der Waals surface area contributed by atoms with Crippen molar-refractivity contribution in [2.45, 2.75) is 327 Å². The number of non-ortho nitro benzene ring substituents is 1. The Morgan fingerprint density at radius 1 is 0.507 bits per heavy atom. The number of urea groups is 1. The maximum atomic E-state index is 12.6. The third-order valence-corrected chi connectivity index (χ3v) is 24.5. The molecule has 1 atom stereocenters. The molecule has 5 aromatic heterocycles. The number of ketones is 1. The Morgan fingerprint density at radius 3 is 1.18 bits per heavy atom. The molecule has 10 rings (SSSR count). The van der Waals surface area contributed by atoms with Gasteiger partial charge in [-0.2, -0.15) is 0 Å². The van der Waals surface area contributed by atoms with Crippen molar-refractivity contribution < 1.29 is 89.7 Å². The van der Waals surface area contributed by atoms with Gasteiger partial charge in [0.15, 0.2) is 5.78 Å². The van der Waals surface area contributed by atoms with E-state index < -0.39 is 65.1 Å². The number of nitrogens with one attached hydrogen (secondary N) is 7. The van der Waals surface area contributed by atoms with E-state index >= 15 is 0 Å². The van der Waals surface area contributed by atoms with E-state index in [1.807, 2.05) is 40.0 Å². The van der Waals surface area contributed by atoms with E-state index in [1.165, 1.54) is 153 Å². The summed E-state index contributed by atoms with van der Waals surface area (Å²) in [5.41, 5.74) is 19.7. The number of carbonyl (C=O) groups is 8. The number of likely N-dealkylation sites (tertiary alicyclic amines) is 2. The fourth-order valence-electron chi connectivity index (χ4n) is 13.3. The first-order valence-corrected chi connectivity index (χ1v) is 71.3. The van der Waals surface area contributed by atoms with Crippen LogP contribution >= 0.6 is 168 Å². The number of benzene rings is 2. The topological polar surface area (TPSA) is 461 Å². The molecular weight excluding hydrogens is 2700 g/mol. The average Bonchev–Trinajstić information content (AvgIpc) is 1.40. The van der Waals surface area contributed by atoms with Gasteiger partial charge in [-0.1, -0.05) is 27.7 Å². The Labute approximate surface area is 975 Å². The molecule has 3 aliphatic rings. The summed E-state index contributed by atoms with van der Waals surface area (Å²) in [4.78, 5) is 139. The summed E-state index contributed by atoms with van der Waals surface area (Å²) >= 11 is 16.7. The standard InChI is InChI=1S/C20H28N4O4S2.C16H19N3O4S.2C13H28N2.C12H26N2.C11H8N2O5S.C7H11N3O2S.C7H16N2O2.ClH.I3.I2.HI/c1-12(2)18(16(25)6-17(26)28-9-15-7-21-11-30-15)23-20(27)24(5)8-14-10-29-19(22-14)13(3)4;1-16(2,3)23-15(21)19-12-6-4-11(5-7-12)18-14(20)22-9-13-8-17-10-24-13;2*1-12(2,3)14-11-7-9-15(10-8-11)13(4,5)6;1-11(2,3)13-7-9-14(10-8-13)12(4,5)6;14-11(17-6-10-5-12-7-19-10)18-9-3-1-8(2-4-9)13(15)16;8-1-2-10-7(11)12-4-6-3-9-5-13-6;1-7(2,3)11-6(10)9-5-4-8;;1-3-2;1-2;/h7,10-13,18H,6,8-9H2,1-5H3,(H,23,27);4-8,10H,9H2,1-3H3,(H,18,20)(H,19,21);2*11,14H,7-10H2,1-6H3;7-10H2,1-6H3;1-5,7H,6H2;3,5H,1-2,4,8H2,(H,10,11);4-5,8H2,1-3H3,(H,9,10);1H;;;1H/q;;;;;;;;;-1;;/t18-;;;;;;;;;;;/m0.........../s1. The van der Waals surface area contributed by atoms with E-state index in [2.05, 4.69) is 295 Å². The zero-order valence-electron chi connectivity index (χ0n) is 91.5. The van der Waals surface area contributed by atoms with Crippen LogP contribution in [0.1, 0.15) is 262 Å². The molecule has 3 saturated heterocycles. The van der Waals surface area contributed by atoms with Gasteiger partial charge in [0, 0.05) is 228 Å². The molecule has 0 spiro atoms. The molecule has 3 aliphatic heterocycles. The molecule has 11 N–H and O–H groups in total. The van der Waals surface area contributed by atoms with Crippen molar-refractivity contribution in [3.8, 4) is 5.75 Å². The van der Waals surface area contributed by atoms with Crippen molar-refractivity contribution in [1.82, 2.24) is 76.0 Å². The first-order valence-electron chi connectivity index (χ1n) is 48.0. The van der Waals surface area contributed by atoms with E-state index in [-0.39, 0.29) is 103 Å². The van der Waals surface area contributed by atoms with Gasteiger partial charge in [0.05, 0.1) is 69.8 Å². The predicted molar refractivity (Wildman–Crippen MR) is 643 cm³/mol. The molecule has 49 heteroatoms. The minimum atomic E-state index is -0.873. The number of anilines is 2. The number of Topliss-reactive ketones (excluding diaryl/α,β-unsaturated/α-hetero) is 1. The van der Waals surface area contributed by atoms with E-state index in [4.69, 9.17) is 44.6 Å². The molecular formula is C99H166ClI6N20O17S5-. The first-order chi connectivity index (χ1) is 67.9. The number of nitro groups is 1.